The highest BCUT2D eigenvalue weighted by Gasteiger charge is 2.23. The average Bonchev–Trinajstić information content (AvgIpc) is 2.39. The zero-order chi connectivity index (χ0) is 14.6. The summed E-state index contributed by atoms with van der Waals surface area (Å²) in [6.45, 7) is 8.92. The summed E-state index contributed by atoms with van der Waals surface area (Å²) < 4.78 is 1.12. The second kappa shape index (κ2) is 6.76. The fourth-order valence-corrected chi connectivity index (χ4v) is 2.36. The Morgan fingerprint density at radius 2 is 1.95 bits per heavy atom. The Morgan fingerprint density at radius 1 is 1.32 bits per heavy atom. The molecular weight excluding hydrogens is 300 g/mol. The molecule has 0 aliphatic heterocycles. The van der Waals surface area contributed by atoms with Gasteiger partial charge in [0.2, 0.25) is 0 Å². The van der Waals surface area contributed by atoms with Gasteiger partial charge in [-0.15, -0.1) is 0 Å². The van der Waals surface area contributed by atoms with E-state index in [9.17, 15) is 0 Å². The number of hydrogen-bond acceptors (Lipinski definition) is 2. The first-order valence-corrected chi connectivity index (χ1v) is 7.89. The van der Waals surface area contributed by atoms with Gasteiger partial charge < -0.3 is 10.6 Å². The van der Waals surface area contributed by atoms with Gasteiger partial charge in [-0.05, 0) is 50.8 Å². The third-order valence-corrected chi connectivity index (χ3v) is 4.68. The van der Waals surface area contributed by atoms with Crippen LogP contribution in [0.4, 0.5) is 5.69 Å². The molecule has 0 fully saturated rings. The summed E-state index contributed by atoms with van der Waals surface area (Å²) in [6, 6.07) is 6.73. The second-order valence-corrected chi connectivity index (χ2v) is 6.79. The first-order valence-electron chi connectivity index (χ1n) is 7.09. The molecule has 0 amide bonds. The number of halogens is 1. The van der Waals surface area contributed by atoms with Crippen LogP contribution in [-0.4, -0.2) is 18.6 Å². The molecule has 1 unspecified atom stereocenters. The van der Waals surface area contributed by atoms with Crippen LogP contribution >= 0.6 is 15.9 Å². The maximum absolute atomic E-state index is 6.12. The minimum Gasteiger partial charge on any atom is -0.369 e. The lowest BCUT2D eigenvalue weighted by Gasteiger charge is -2.38. The lowest BCUT2D eigenvalue weighted by Crippen LogP contribution is -2.41. The van der Waals surface area contributed by atoms with Crippen LogP contribution in [-0.2, 0) is 6.42 Å². The van der Waals surface area contributed by atoms with Gasteiger partial charge in [0.05, 0.1) is 0 Å². The van der Waals surface area contributed by atoms with Crippen molar-refractivity contribution in [1.29, 1.82) is 0 Å². The van der Waals surface area contributed by atoms with Crippen LogP contribution in [0.1, 0.15) is 46.1 Å². The van der Waals surface area contributed by atoms with Crippen LogP contribution < -0.4 is 10.6 Å². The third kappa shape index (κ3) is 4.22. The molecule has 1 atom stereocenters. The number of nitrogens with zero attached hydrogens (tertiary/aromatic N) is 1. The molecule has 1 aromatic rings. The van der Waals surface area contributed by atoms with E-state index in [1.54, 1.807) is 0 Å². The molecule has 0 spiro atoms. The topological polar surface area (TPSA) is 29.3 Å². The van der Waals surface area contributed by atoms with Crippen molar-refractivity contribution in [2.24, 2.45) is 5.73 Å². The molecule has 0 heterocycles. The third-order valence-electron chi connectivity index (χ3n) is 4.19. The van der Waals surface area contributed by atoms with E-state index in [0.29, 0.717) is 0 Å². The van der Waals surface area contributed by atoms with Crippen LogP contribution in [0, 0.1) is 0 Å². The van der Waals surface area contributed by atoms with Crippen LogP contribution in [0.25, 0.3) is 0 Å². The van der Waals surface area contributed by atoms with E-state index in [-0.39, 0.29) is 11.6 Å². The molecule has 3 heteroatoms. The Hall–Kier alpha value is -0.540. The van der Waals surface area contributed by atoms with Crippen molar-refractivity contribution >= 4 is 21.6 Å². The molecule has 108 valence electrons. The molecule has 0 saturated carbocycles. The lowest BCUT2D eigenvalue weighted by molar-refractivity contribution is 0.469. The monoisotopic (exact) mass is 326 g/mol. The van der Waals surface area contributed by atoms with Gasteiger partial charge in [-0.2, -0.15) is 0 Å². The van der Waals surface area contributed by atoms with Crippen LogP contribution in [0.2, 0.25) is 0 Å². The molecule has 1 aromatic carbocycles. The maximum atomic E-state index is 6.12. The predicted molar refractivity (Wildman–Crippen MR) is 88.9 cm³/mol. The highest BCUT2D eigenvalue weighted by molar-refractivity contribution is 9.10. The summed E-state index contributed by atoms with van der Waals surface area (Å²) in [7, 11) is 2.17. The van der Waals surface area contributed by atoms with Crippen molar-refractivity contribution in [3.8, 4) is 0 Å². The fourth-order valence-electron chi connectivity index (χ4n) is 2.01. The van der Waals surface area contributed by atoms with E-state index in [0.717, 1.165) is 23.7 Å². The van der Waals surface area contributed by atoms with Gasteiger partial charge >= 0.3 is 0 Å². The Morgan fingerprint density at radius 3 is 2.47 bits per heavy atom. The Kier molecular flexibility index (Phi) is 5.87. The molecular formula is C16H27BrN2. The normalized spacial score (nSPS) is 13.4. The lowest BCUT2D eigenvalue weighted by atomic mass is 9.96. The highest BCUT2D eigenvalue weighted by atomic mass is 79.9. The van der Waals surface area contributed by atoms with Gasteiger partial charge in [-0.25, -0.2) is 0 Å². The predicted octanol–water partition coefficient (Wildman–Crippen LogP) is 4.35. The summed E-state index contributed by atoms with van der Waals surface area (Å²) in [5.74, 6) is 0. The summed E-state index contributed by atoms with van der Waals surface area (Å²) >= 11 is 3.58. The highest BCUT2D eigenvalue weighted by Crippen LogP contribution is 2.31. The molecule has 0 aromatic heterocycles. The van der Waals surface area contributed by atoms with E-state index in [1.807, 2.05) is 0 Å². The number of anilines is 1. The zero-order valence-electron chi connectivity index (χ0n) is 12.8. The van der Waals surface area contributed by atoms with Crippen LogP contribution in [0.5, 0.6) is 0 Å². The largest absolute Gasteiger partial charge is 0.369 e. The van der Waals surface area contributed by atoms with Gasteiger partial charge in [0.1, 0.15) is 0 Å². The van der Waals surface area contributed by atoms with Gasteiger partial charge in [0.15, 0.2) is 0 Å². The molecule has 0 saturated heterocycles. The minimum absolute atomic E-state index is 0.145. The Balaban J connectivity index is 3.13. The number of rotatable bonds is 6. The molecule has 0 aliphatic rings. The Bertz CT molecular complexity index is 415. The molecule has 0 bridgehead atoms. The van der Waals surface area contributed by atoms with E-state index in [1.165, 1.54) is 11.3 Å². The van der Waals surface area contributed by atoms with Crippen molar-refractivity contribution in [1.82, 2.24) is 0 Å². The van der Waals surface area contributed by atoms with E-state index >= 15 is 0 Å². The average molecular weight is 327 g/mol. The van der Waals surface area contributed by atoms with Crippen molar-refractivity contribution in [3.63, 3.8) is 0 Å². The van der Waals surface area contributed by atoms with Crippen molar-refractivity contribution in [3.05, 3.63) is 28.2 Å². The summed E-state index contributed by atoms with van der Waals surface area (Å²) in [5, 5.41) is 0. The zero-order valence-corrected chi connectivity index (χ0v) is 14.4. The van der Waals surface area contributed by atoms with Crippen molar-refractivity contribution in [2.45, 2.75) is 58.5 Å². The molecule has 1 rings (SSSR count). The molecule has 0 radical (unpaired) electrons. The molecule has 0 aliphatic carbocycles. The van der Waals surface area contributed by atoms with Gasteiger partial charge in [0.25, 0.3) is 0 Å². The maximum Gasteiger partial charge on any atom is 0.0412 e. The quantitative estimate of drug-likeness (QED) is 0.841. The summed E-state index contributed by atoms with van der Waals surface area (Å²) in [4.78, 5) is 2.37. The van der Waals surface area contributed by atoms with Gasteiger partial charge in [0, 0.05) is 28.8 Å². The number of benzene rings is 1. The standard InChI is InChI=1S/C16H27BrN2/c1-6-14(18)10-12-8-9-13(17)11-15(12)19(5)16(3,4)7-2/h8-9,11,14H,6-7,10,18H2,1-5H3. The van der Waals surface area contributed by atoms with E-state index < -0.39 is 0 Å². The van der Waals surface area contributed by atoms with Crippen LogP contribution in [0.3, 0.4) is 0 Å². The van der Waals surface area contributed by atoms with Gasteiger partial charge in [-0.1, -0.05) is 35.8 Å². The number of nitrogens with two attached hydrogens (primary N) is 1. The summed E-state index contributed by atoms with van der Waals surface area (Å²) in [5.41, 5.74) is 8.89. The van der Waals surface area contributed by atoms with Crippen molar-refractivity contribution in [2.75, 3.05) is 11.9 Å². The summed E-state index contributed by atoms with van der Waals surface area (Å²) in [6.07, 6.45) is 3.05. The number of hydrogen-bond donors (Lipinski definition) is 1. The first kappa shape index (κ1) is 16.5. The van der Waals surface area contributed by atoms with Crippen molar-refractivity contribution < 1.29 is 0 Å². The molecule has 2 N–H and O–H groups in total. The SMILES string of the molecule is CCC(N)Cc1ccc(Br)cc1N(C)C(C)(C)CC. The Labute approximate surface area is 126 Å². The van der Waals surface area contributed by atoms with E-state index in [4.69, 9.17) is 5.73 Å². The minimum atomic E-state index is 0.145. The fraction of sp³-hybridized carbons (Fsp3) is 0.625. The van der Waals surface area contributed by atoms with E-state index in [2.05, 4.69) is 73.8 Å². The molecule has 2 nitrogen and oxygen atoms in total. The first-order chi connectivity index (χ1) is 8.81. The smallest absolute Gasteiger partial charge is 0.0412 e. The molecule has 19 heavy (non-hydrogen) atoms. The van der Waals surface area contributed by atoms with Gasteiger partial charge in [-0.3, -0.25) is 0 Å². The van der Waals surface area contributed by atoms with Crippen LogP contribution in [0.15, 0.2) is 22.7 Å². The second-order valence-electron chi connectivity index (χ2n) is 5.87.